The quantitative estimate of drug-likeness (QED) is 0.671. The van der Waals surface area contributed by atoms with E-state index >= 15 is 0 Å². The molecule has 7 heteroatoms. The van der Waals surface area contributed by atoms with E-state index in [0.717, 1.165) is 5.56 Å². The van der Waals surface area contributed by atoms with Crippen molar-refractivity contribution >= 4 is 17.2 Å². The van der Waals surface area contributed by atoms with Gasteiger partial charge in [-0.05, 0) is 38.1 Å². The molecule has 1 N–H and O–H groups in total. The standard InChI is InChI=1S/C19H19FN4O2/c1-11-7-15(25)8-13-10-21-24-6-5-18(23-19(13)24)22-12(2)16-9-14(20)3-4-17(16)26-11/h3-6,9-12H,7-8H2,1-2H3,(H,22,23)/t11-,12+/m0/s1. The molecule has 2 atom stereocenters. The highest BCUT2D eigenvalue weighted by Gasteiger charge is 2.20. The molecule has 1 aliphatic heterocycles. The van der Waals surface area contributed by atoms with Crippen LogP contribution in [-0.2, 0) is 11.2 Å². The number of Topliss-reactive ketones (excluding diaryl/α,β-unsaturated/α-hetero) is 1. The van der Waals surface area contributed by atoms with E-state index in [1.165, 1.54) is 12.1 Å². The van der Waals surface area contributed by atoms with Gasteiger partial charge in [0.15, 0.2) is 5.65 Å². The van der Waals surface area contributed by atoms with Crippen LogP contribution in [0.1, 0.15) is 37.4 Å². The second-order valence-corrected chi connectivity index (χ2v) is 6.65. The van der Waals surface area contributed by atoms with Crippen LogP contribution >= 0.6 is 0 Å². The van der Waals surface area contributed by atoms with Gasteiger partial charge in [-0.3, -0.25) is 4.79 Å². The second-order valence-electron chi connectivity index (χ2n) is 6.65. The highest BCUT2D eigenvalue weighted by Crippen LogP contribution is 2.30. The van der Waals surface area contributed by atoms with Gasteiger partial charge in [-0.25, -0.2) is 13.9 Å². The van der Waals surface area contributed by atoms with Crippen molar-refractivity contribution in [3.05, 3.63) is 53.6 Å². The van der Waals surface area contributed by atoms with Gasteiger partial charge in [0.2, 0.25) is 0 Å². The summed E-state index contributed by atoms with van der Waals surface area (Å²) >= 11 is 0. The van der Waals surface area contributed by atoms with Gasteiger partial charge in [0.25, 0.3) is 0 Å². The van der Waals surface area contributed by atoms with Crippen LogP contribution in [0.2, 0.25) is 0 Å². The van der Waals surface area contributed by atoms with Gasteiger partial charge in [-0.1, -0.05) is 0 Å². The van der Waals surface area contributed by atoms with Crippen molar-refractivity contribution in [1.29, 1.82) is 0 Å². The Labute approximate surface area is 150 Å². The van der Waals surface area contributed by atoms with Gasteiger partial charge < -0.3 is 10.1 Å². The maximum Gasteiger partial charge on any atom is 0.160 e. The van der Waals surface area contributed by atoms with Crippen molar-refractivity contribution in [3.63, 3.8) is 0 Å². The molecule has 0 radical (unpaired) electrons. The molecule has 3 heterocycles. The van der Waals surface area contributed by atoms with Gasteiger partial charge in [0.05, 0.1) is 12.2 Å². The first-order valence-electron chi connectivity index (χ1n) is 8.57. The van der Waals surface area contributed by atoms with Gasteiger partial charge in [0.1, 0.15) is 29.3 Å². The molecule has 2 bridgehead atoms. The number of ether oxygens (including phenoxy) is 1. The number of carbonyl (C=O) groups excluding carboxylic acids is 1. The molecule has 0 fully saturated rings. The Hall–Kier alpha value is -2.96. The van der Waals surface area contributed by atoms with Gasteiger partial charge in [0, 0.05) is 30.2 Å². The van der Waals surface area contributed by atoms with Gasteiger partial charge in [-0.15, -0.1) is 0 Å². The maximum atomic E-state index is 13.8. The fourth-order valence-electron chi connectivity index (χ4n) is 3.25. The Morgan fingerprint density at radius 1 is 1.31 bits per heavy atom. The van der Waals surface area contributed by atoms with E-state index in [-0.39, 0.29) is 36.6 Å². The molecule has 0 saturated heterocycles. The fourth-order valence-corrected chi connectivity index (χ4v) is 3.25. The van der Waals surface area contributed by atoms with Crippen molar-refractivity contribution in [2.45, 2.75) is 38.8 Å². The zero-order valence-corrected chi connectivity index (χ0v) is 14.6. The van der Waals surface area contributed by atoms with E-state index in [0.29, 0.717) is 22.8 Å². The number of nitrogens with zero attached hydrogens (tertiary/aromatic N) is 3. The topological polar surface area (TPSA) is 68.5 Å². The Balaban J connectivity index is 1.81. The smallest absolute Gasteiger partial charge is 0.160 e. The predicted molar refractivity (Wildman–Crippen MR) is 94.8 cm³/mol. The van der Waals surface area contributed by atoms with Crippen LogP contribution < -0.4 is 10.1 Å². The van der Waals surface area contributed by atoms with Crippen molar-refractivity contribution in [2.24, 2.45) is 0 Å². The Bertz CT molecular complexity index is 985. The van der Waals surface area contributed by atoms with Crippen LogP contribution in [0.5, 0.6) is 5.75 Å². The summed E-state index contributed by atoms with van der Waals surface area (Å²) in [5, 5.41) is 7.53. The lowest BCUT2D eigenvalue weighted by molar-refractivity contribution is -0.119. The third-order valence-electron chi connectivity index (χ3n) is 4.48. The maximum absolute atomic E-state index is 13.8. The third kappa shape index (κ3) is 3.12. The number of hydrogen-bond acceptors (Lipinski definition) is 5. The number of rotatable bonds is 0. The highest BCUT2D eigenvalue weighted by molar-refractivity contribution is 5.83. The third-order valence-corrected chi connectivity index (χ3v) is 4.48. The SMILES string of the molecule is C[C@H]1CC(=O)Cc2cnn3ccc(nc23)N[C@H](C)c2cc(F)ccc2O1. The zero-order chi connectivity index (χ0) is 18.3. The summed E-state index contributed by atoms with van der Waals surface area (Å²) in [6, 6.07) is 5.98. The van der Waals surface area contributed by atoms with E-state index in [2.05, 4.69) is 15.4 Å². The minimum Gasteiger partial charge on any atom is -0.490 e. The van der Waals surface area contributed by atoms with Crippen molar-refractivity contribution in [1.82, 2.24) is 14.6 Å². The lowest BCUT2D eigenvalue weighted by atomic mass is 10.1. The van der Waals surface area contributed by atoms with E-state index in [1.807, 2.05) is 13.8 Å². The Morgan fingerprint density at radius 3 is 3.00 bits per heavy atom. The average Bonchev–Trinajstić information content (AvgIpc) is 2.98. The lowest BCUT2D eigenvalue weighted by Gasteiger charge is -2.21. The fraction of sp³-hybridized carbons (Fsp3) is 0.316. The summed E-state index contributed by atoms with van der Waals surface area (Å²) in [6.45, 7) is 3.76. The monoisotopic (exact) mass is 354 g/mol. The minimum absolute atomic E-state index is 0.0449. The van der Waals surface area contributed by atoms with E-state index in [4.69, 9.17) is 4.74 Å². The summed E-state index contributed by atoms with van der Waals surface area (Å²) in [5.74, 6) is 0.899. The summed E-state index contributed by atoms with van der Waals surface area (Å²) in [4.78, 5) is 17.0. The first-order chi connectivity index (χ1) is 12.5. The first-order valence-corrected chi connectivity index (χ1v) is 8.57. The van der Waals surface area contributed by atoms with Crippen LogP contribution in [0.3, 0.4) is 0 Å². The largest absolute Gasteiger partial charge is 0.490 e. The average molecular weight is 354 g/mol. The summed E-state index contributed by atoms with van der Waals surface area (Å²) < 4.78 is 21.4. The van der Waals surface area contributed by atoms with Gasteiger partial charge in [-0.2, -0.15) is 5.10 Å². The molecule has 3 aromatic rings. The molecule has 0 amide bonds. The molecule has 0 unspecified atom stereocenters. The number of ketones is 1. The molecule has 26 heavy (non-hydrogen) atoms. The van der Waals surface area contributed by atoms with Crippen LogP contribution in [-0.4, -0.2) is 26.5 Å². The minimum atomic E-state index is -0.337. The van der Waals surface area contributed by atoms with E-state index < -0.39 is 0 Å². The van der Waals surface area contributed by atoms with Crippen LogP contribution in [0.15, 0.2) is 36.7 Å². The number of nitrogens with one attached hydrogen (secondary N) is 1. The molecule has 4 rings (SSSR count). The number of carbonyl (C=O) groups is 1. The summed E-state index contributed by atoms with van der Waals surface area (Å²) in [5.41, 5.74) is 2.10. The Morgan fingerprint density at radius 2 is 2.15 bits per heavy atom. The van der Waals surface area contributed by atoms with E-state index in [1.54, 1.807) is 29.0 Å². The number of anilines is 1. The van der Waals surface area contributed by atoms with Crippen LogP contribution in [0.25, 0.3) is 5.65 Å². The number of hydrogen-bond donors (Lipinski definition) is 1. The van der Waals surface area contributed by atoms with E-state index in [9.17, 15) is 9.18 Å². The van der Waals surface area contributed by atoms with Crippen molar-refractivity contribution in [2.75, 3.05) is 5.32 Å². The highest BCUT2D eigenvalue weighted by atomic mass is 19.1. The Kier molecular flexibility index (Phi) is 4.06. The normalized spacial score (nSPS) is 20.5. The van der Waals surface area contributed by atoms with Crippen molar-refractivity contribution < 1.29 is 13.9 Å². The number of aromatic nitrogens is 3. The second kappa shape index (κ2) is 6.40. The predicted octanol–water partition coefficient (Wildman–Crippen LogP) is 3.32. The number of fused-ring (bicyclic) bond motifs is 2. The molecule has 1 aliphatic rings. The van der Waals surface area contributed by atoms with Gasteiger partial charge >= 0.3 is 0 Å². The van der Waals surface area contributed by atoms with Crippen molar-refractivity contribution in [3.8, 4) is 5.75 Å². The molecule has 1 aromatic carbocycles. The molecule has 2 aromatic heterocycles. The number of halogens is 1. The molecule has 134 valence electrons. The number of benzene rings is 1. The van der Waals surface area contributed by atoms with Crippen LogP contribution in [0.4, 0.5) is 10.2 Å². The molecular formula is C19H19FN4O2. The first kappa shape index (κ1) is 16.5. The molecule has 0 saturated carbocycles. The molecule has 6 nitrogen and oxygen atoms in total. The molecule has 0 spiro atoms. The summed E-state index contributed by atoms with van der Waals surface area (Å²) in [6.07, 6.45) is 3.65. The van der Waals surface area contributed by atoms with Crippen LogP contribution in [0, 0.1) is 5.82 Å². The lowest BCUT2D eigenvalue weighted by Crippen LogP contribution is -2.19. The molecular weight excluding hydrogens is 335 g/mol. The summed E-state index contributed by atoms with van der Waals surface area (Å²) in [7, 11) is 0. The zero-order valence-electron chi connectivity index (χ0n) is 14.6. The molecule has 0 aliphatic carbocycles.